The second-order valence-corrected chi connectivity index (χ2v) is 5.49. The second-order valence-electron chi connectivity index (χ2n) is 5.49. The Morgan fingerprint density at radius 2 is 2.06 bits per heavy atom. The molecule has 1 aromatic rings. The van der Waals surface area contributed by atoms with E-state index in [1.807, 2.05) is 13.8 Å². The Balaban J connectivity index is 2.90. The van der Waals surface area contributed by atoms with Crippen molar-refractivity contribution in [3.63, 3.8) is 0 Å². The van der Waals surface area contributed by atoms with Gasteiger partial charge in [0.15, 0.2) is 0 Å². The van der Waals surface area contributed by atoms with E-state index >= 15 is 0 Å². The van der Waals surface area contributed by atoms with E-state index < -0.39 is 5.82 Å². The summed E-state index contributed by atoms with van der Waals surface area (Å²) in [5.41, 5.74) is 6.69. The summed E-state index contributed by atoms with van der Waals surface area (Å²) in [7, 11) is 1.71. The van der Waals surface area contributed by atoms with Crippen LogP contribution in [0.2, 0.25) is 0 Å². The van der Waals surface area contributed by atoms with Gasteiger partial charge in [-0.05, 0) is 36.6 Å². The van der Waals surface area contributed by atoms with Gasteiger partial charge in [0.25, 0.3) is 5.91 Å². The van der Waals surface area contributed by atoms with E-state index in [1.54, 1.807) is 24.9 Å². The van der Waals surface area contributed by atoms with Crippen LogP contribution in [0.5, 0.6) is 0 Å². The Hall–Kier alpha value is -1.42. The number of carbonyl (C=O) groups is 1. The van der Waals surface area contributed by atoms with Gasteiger partial charge in [-0.3, -0.25) is 4.79 Å². The van der Waals surface area contributed by atoms with Crippen molar-refractivity contribution in [3.8, 4) is 0 Å². The molecule has 0 heterocycles. The van der Waals surface area contributed by atoms with Gasteiger partial charge in [-0.1, -0.05) is 19.9 Å². The van der Waals surface area contributed by atoms with Crippen LogP contribution in [0, 0.1) is 18.2 Å². The summed E-state index contributed by atoms with van der Waals surface area (Å²) in [5, 5.41) is 0. The summed E-state index contributed by atoms with van der Waals surface area (Å²) in [6.45, 7) is 6.82. The minimum Gasteiger partial charge on any atom is -0.341 e. The van der Waals surface area contributed by atoms with Crippen molar-refractivity contribution in [1.29, 1.82) is 0 Å². The van der Waals surface area contributed by atoms with E-state index in [4.69, 9.17) is 5.73 Å². The maximum Gasteiger partial charge on any atom is 0.253 e. The number of benzene rings is 1. The number of nitrogens with two attached hydrogens (primary N) is 1. The molecule has 2 N–H and O–H groups in total. The number of carbonyl (C=O) groups excluding carboxylic acids is 1. The summed E-state index contributed by atoms with van der Waals surface area (Å²) < 4.78 is 13.2. The maximum atomic E-state index is 13.2. The largest absolute Gasteiger partial charge is 0.341 e. The lowest BCUT2D eigenvalue weighted by Gasteiger charge is -2.29. The molecule has 18 heavy (non-hydrogen) atoms. The molecule has 0 aliphatic carbocycles. The first-order valence-electron chi connectivity index (χ1n) is 5.98. The van der Waals surface area contributed by atoms with Gasteiger partial charge in [0, 0.05) is 19.2 Å². The zero-order valence-corrected chi connectivity index (χ0v) is 11.5. The lowest BCUT2D eigenvalue weighted by atomic mass is 9.93. The molecule has 0 radical (unpaired) electrons. The Morgan fingerprint density at radius 3 is 2.61 bits per heavy atom. The van der Waals surface area contributed by atoms with Crippen molar-refractivity contribution < 1.29 is 9.18 Å². The molecular formula is C14H21FN2O. The van der Waals surface area contributed by atoms with Crippen molar-refractivity contribution >= 4 is 5.91 Å². The van der Waals surface area contributed by atoms with E-state index in [1.165, 1.54) is 12.1 Å². The molecule has 0 saturated heterocycles. The monoisotopic (exact) mass is 252 g/mol. The first kappa shape index (κ1) is 14.6. The highest BCUT2D eigenvalue weighted by Gasteiger charge is 2.22. The fourth-order valence-corrected chi connectivity index (χ4v) is 1.81. The SMILES string of the molecule is Cc1ccc(F)cc1C(=O)N(C)CC(C)(C)CN. The fraction of sp³-hybridized carbons (Fsp3) is 0.500. The molecule has 1 aromatic carbocycles. The van der Waals surface area contributed by atoms with E-state index in [2.05, 4.69) is 0 Å². The molecule has 0 atom stereocenters. The van der Waals surface area contributed by atoms with Crippen molar-refractivity contribution in [2.75, 3.05) is 20.1 Å². The van der Waals surface area contributed by atoms with Crippen molar-refractivity contribution in [2.45, 2.75) is 20.8 Å². The molecule has 1 amide bonds. The number of aryl methyl sites for hydroxylation is 1. The molecule has 0 aliphatic rings. The van der Waals surface area contributed by atoms with Gasteiger partial charge in [-0.25, -0.2) is 4.39 Å². The van der Waals surface area contributed by atoms with Crippen LogP contribution in [0.15, 0.2) is 18.2 Å². The second kappa shape index (κ2) is 5.48. The van der Waals surface area contributed by atoms with E-state index in [0.29, 0.717) is 18.7 Å². The minimum atomic E-state index is -0.393. The van der Waals surface area contributed by atoms with Crippen LogP contribution < -0.4 is 5.73 Å². The third kappa shape index (κ3) is 3.53. The van der Waals surface area contributed by atoms with Crippen LogP contribution >= 0.6 is 0 Å². The standard InChI is InChI=1S/C14H21FN2O/c1-10-5-6-11(15)7-12(10)13(18)17(4)9-14(2,3)8-16/h5-7H,8-9,16H2,1-4H3. The highest BCUT2D eigenvalue weighted by molar-refractivity contribution is 5.95. The number of hydrogen-bond acceptors (Lipinski definition) is 2. The molecular weight excluding hydrogens is 231 g/mol. The van der Waals surface area contributed by atoms with Crippen LogP contribution in [0.3, 0.4) is 0 Å². The lowest BCUT2D eigenvalue weighted by molar-refractivity contribution is 0.0739. The Kier molecular flexibility index (Phi) is 4.46. The molecule has 0 unspecified atom stereocenters. The van der Waals surface area contributed by atoms with Gasteiger partial charge in [0.1, 0.15) is 5.82 Å². The molecule has 3 nitrogen and oxygen atoms in total. The van der Waals surface area contributed by atoms with Crippen LogP contribution in [-0.4, -0.2) is 30.9 Å². The van der Waals surface area contributed by atoms with Crippen molar-refractivity contribution in [3.05, 3.63) is 35.1 Å². The summed E-state index contributed by atoms with van der Waals surface area (Å²) >= 11 is 0. The number of hydrogen-bond donors (Lipinski definition) is 1. The van der Waals surface area contributed by atoms with Crippen LogP contribution in [0.25, 0.3) is 0 Å². The normalized spacial score (nSPS) is 11.4. The first-order chi connectivity index (χ1) is 8.26. The summed E-state index contributed by atoms with van der Waals surface area (Å²) in [6, 6.07) is 4.25. The molecule has 0 fully saturated rings. The van der Waals surface area contributed by atoms with Crippen molar-refractivity contribution in [1.82, 2.24) is 4.90 Å². The molecule has 4 heteroatoms. The third-order valence-electron chi connectivity index (χ3n) is 2.99. The van der Waals surface area contributed by atoms with Gasteiger partial charge >= 0.3 is 0 Å². The summed E-state index contributed by atoms with van der Waals surface area (Å²) in [4.78, 5) is 13.8. The number of halogens is 1. The van der Waals surface area contributed by atoms with Gasteiger partial charge in [-0.2, -0.15) is 0 Å². The predicted molar refractivity (Wildman–Crippen MR) is 70.9 cm³/mol. The molecule has 100 valence electrons. The number of amides is 1. The Morgan fingerprint density at radius 1 is 1.44 bits per heavy atom. The molecule has 1 rings (SSSR count). The van der Waals surface area contributed by atoms with E-state index in [-0.39, 0.29) is 11.3 Å². The van der Waals surface area contributed by atoms with Gasteiger partial charge in [0.05, 0.1) is 0 Å². The first-order valence-corrected chi connectivity index (χ1v) is 5.98. The molecule has 0 aromatic heterocycles. The number of rotatable bonds is 4. The Bertz CT molecular complexity index is 443. The third-order valence-corrected chi connectivity index (χ3v) is 2.99. The zero-order valence-electron chi connectivity index (χ0n) is 11.5. The highest BCUT2D eigenvalue weighted by Crippen LogP contribution is 2.17. The molecule has 0 saturated carbocycles. The quantitative estimate of drug-likeness (QED) is 0.893. The summed E-state index contributed by atoms with van der Waals surface area (Å²) in [6.07, 6.45) is 0. The topological polar surface area (TPSA) is 46.3 Å². The van der Waals surface area contributed by atoms with Crippen LogP contribution in [0.4, 0.5) is 4.39 Å². The fourth-order valence-electron chi connectivity index (χ4n) is 1.81. The van der Waals surface area contributed by atoms with Gasteiger partial charge in [-0.15, -0.1) is 0 Å². The Labute approximate surface area is 108 Å². The molecule has 0 aliphatic heterocycles. The molecule has 0 bridgehead atoms. The van der Waals surface area contributed by atoms with E-state index in [9.17, 15) is 9.18 Å². The summed E-state index contributed by atoms with van der Waals surface area (Å²) in [5.74, 6) is -0.566. The smallest absolute Gasteiger partial charge is 0.253 e. The van der Waals surface area contributed by atoms with Crippen LogP contribution in [0.1, 0.15) is 29.8 Å². The van der Waals surface area contributed by atoms with E-state index in [0.717, 1.165) is 5.56 Å². The number of nitrogens with zero attached hydrogens (tertiary/aromatic N) is 1. The van der Waals surface area contributed by atoms with Gasteiger partial charge < -0.3 is 10.6 Å². The molecule has 0 spiro atoms. The average Bonchev–Trinajstić information content (AvgIpc) is 2.31. The minimum absolute atomic E-state index is 0.147. The highest BCUT2D eigenvalue weighted by atomic mass is 19.1. The van der Waals surface area contributed by atoms with Gasteiger partial charge in [0.2, 0.25) is 0 Å². The average molecular weight is 252 g/mol. The van der Waals surface area contributed by atoms with Crippen LogP contribution in [-0.2, 0) is 0 Å². The maximum absolute atomic E-state index is 13.2. The lowest BCUT2D eigenvalue weighted by Crippen LogP contribution is -2.40. The predicted octanol–water partition coefficient (Wildman–Crippen LogP) is 2.19. The van der Waals surface area contributed by atoms with Crippen molar-refractivity contribution in [2.24, 2.45) is 11.1 Å². The zero-order chi connectivity index (χ0) is 13.9.